The molecule has 3 aromatic rings. The minimum atomic E-state index is -0.0946. The number of aromatic nitrogens is 3. The molecule has 0 aromatic carbocycles. The SMILES string of the molecule is CCc1[nH]c(=O)c(-c2csc(-c3ccncc3)n2)cc1NCCC(C)C. The first-order valence-corrected chi connectivity index (χ1v) is 9.82. The quantitative estimate of drug-likeness (QED) is 0.640. The van der Waals surface area contributed by atoms with Crippen molar-refractivity contribution in [2.45, 2.75) is 33.6 Å². The molecule has 3 heterocycles. The molecule has 5 nitrogen and oxygen atoms in total. The molecular weight excluding hydrogens is 344 g/mol. The Balaban J connectivity index is 1.92. The molecule has 3 aromatic heterocycles. The molecule has 6 heteroatoms. The maximum absolute atomic E-state index is 12.6. The van der Waals surface area contributed by atoms with Crippen LogP contribution >= 0.6 is 11.3 Å². The summed E-state index contributed by atoms with van der Waals surface area (Å²) in [7, 11) is 0. The van der Waals surface area contributed by atoms with Crippen LogP contribution in [0.15, 0.2) is 40.8 Å². The summed E-state index contributed by atoms with van der Waals surface area (Å²) in [4.78, 5) is 24.3. The predicted octanol–water partition coefficient (Wildman–Crippen LogP) is 4.58. The summed E-state index contributed by atoms with van der Waals surface area (Å²) < 4.78 is 0. The predicted molar refractivity (Wildman–Crippen MR) is 109 cm³/mol. The number of rotatable bonds is 7. The molecule has 0 aliphatic heterocycles. The van der Waals surface area contributed by atoms with E-state index in [1.54, 1.807) is 12.4 Å². The Morgan fingerprint density at radius 1 is 1.27 bits per heavy atom. The first-order chi connectivity index (χ1) is 12.6. The molecular formula is C20H24N4OS. The van der Waals surface area contributed by atoms with Crippen molar-refractivity contribution < 1.29 is 0 Å². The maximum Gasteiger partial charge on any atom is 0.257 e. The van der Waals surface area contributed by atoms with Gasteiger partial charge in [0.25, 0.3) is 5.56 Å². The number of anilines is 1. The van der Waals surface area contributed by atoms with Crippen LogP contribution in [-0.2, 0) is 6.42 Å². The molecule has 0 fully saturated rings. The van der Waals surface area contributed by atoms with Crippen LogP contribution < -0.4 is 10.9 Å². The molecule has 0 amide bonds. The molecule has 26 heavy (non-hydrogen) atoms. The van der Waals surface area contributed by atoms with Gasteiger partial charge in [-0.05, 0) is 37.0 Å². The van der Waals surface area contributed by atoms with Gasteiger partial charge in [-0.1, -0.05) is 20.8 Å². The van der Waals surface area contributed by atoms with Crippen molar-refractivity contribution in [1.29, 1.82) is 0 Å². The van der Waals surface area contributed by atoms with E-state index in [2.05, 4.69) is 34.1 Å². The van der Waals surface area contributed by atoms with Gasteiger partial charge in [0.1, 0.15) is 5.01 Å². The summed E-state index contributed by atoms with van der Waals surface area (Å²) in [5.41, 5.74) is 4.15. The third kappa shape index (κ3) is 4.19. The molecule has 0 spiro atoms. The standard InChI is InChI=1S/C20H24N4OS/c1-4-16-17(22-10-5-13(2)3)11-15(19(25)23-16)18-12-26-20(24-18)14-6-8-21-9-7-14/h6-9,11-13,22H,4-5,10H2,1-3H3,(H,23,25). The second-order valence-corrected chi connectivity index (χ2v) is 7.50. The minimum absolute atomic E-state index is 0.0946. The van der Waals surface area contributed by atoms with Crippen LogP contribution in [-0.4, -0.2) is 21.5 Å². The van der Waals surface area contributed by atoms with Crippen LogP contribution in [0.5, 0.6) is 0 Å². The number of aryl methyl sites for hydroxylation is 1. The Labute approximate surface area is 157 Å². The monoisotopic (exact) mass is 368 g/mol. The Bertz CT molecular complexity index is 915. The lowest BCUT2D eigenvalue weighted by Crippen LogP contribution is -2.15. The Kier molecular flexibility index (Phi) is 5.83. The van der Waals surface area contributed by atoms with Crippen LogP contribution in [0.3, 0.4) is 0 Å². The number of nitrogens with one attached hydrogen (secondary N) is 2. The van der Waals surface area contributed by atoms with Gasteiger partial charge in [0, 0.05) is 35.6 Å². The van der Waals surface area contributed by atoms with Crippen LogP contribution in [0.25, 0.3) is 21.8 Å². The van der Waals surface area contributed by atoms with Crippen molar-refractivity contribution in [3.05, 3.63) is 52.0 Å². The summed E-state index contributed by atoms with van der Waals surface area (Å²) in [5.74, 6) is 0.635. The zero-order chi connectivity index (χ0) is 18.5. The average Bonchev–Trinajstić information content (AvgIpc) is 3.13. The summed E-state index contributed by atoms with van der Waals surface area (Å²) in [5, 5.41) is 6.29. The maximum atomic E-state index is 12.6. The lowest BCUT2D eigenvalue weighted by atomic mass is 10.1. The fourth-order valence-electron chi connectivity index (χ4n) is 2.72. The van der Waals surface area contributed by atoms with Crippen molar-refractivity contribution in [3.8, 4) is 21.8 Å². The molecule has 0 aliphatic carbocycles. The Morgan fingerprint density at radius 3 is 2.73 bits per heavy atom. The molecule has 136 valence electrons. The van der Waals surface area contributed by atoms with Crippen LogP contribution in [0, 0.1) is 5.92 Å². The molecule has 0 bridgehead atoms. The van der Waals surface area contributed by atoms with Crippen molar-refractivity contribution in [2.75, 3.05) is 11.9 Å². The van der Waals surface area contributed by atoms with E-state index >= 15 is 0 Å². The Hall–Kier alpha value is -2.47. The minimum Gasteiger partial charge on any atom is -0.384 e. The van der Waals surface area contributed by atoms with E-state index < -0.39 is 0 Å². The molecule has 0 atom stereocenters. The van der Waals surface area contributed by atoms with E-state index in [1.807, 2.05) is 30.5 Å². The van der Waals surface area contributed by atoms with E-state index in [4.69, 9.17) is 0 Å². The molecule has 0 radical (unpaired) electrons. The van der Waals surface area contributed by atoms with Crippen molar-refractivity contribution >= 4 is 17.0 Å². The fraction of sp³-hybridized carbons (Fsp3) is 0.350. The highest BCUT2D eigenvalue weighted by Gasteiger charge is 2.13. The molecule has 2 N–H and O–H groups in total. The molecule has 3 rings (SSSR count). The molecule has 0 saturated carbocycles. The lowest BCUT2D eigenvalue weighted by Gasteiger charge is -2.13. The van der Waals surface area contributed by atoms with Gasteiger partial charge >= 0.3 is 0 Å². The topological polar surface area (TPSA) is 70.7 Å². The summed E-state index contributed by atoms with van der Waals surface area (Å²) >= 11 is 1.53. The van der Waals surface area contributed by atoms with Gasteiger partial charge in [0.15, 0.2) is 0 Å². The van der Waals surface area contributed by atoms with Crippen LogP contribution in [0.4, 0.5) is 5.69 Å². The van der Waals surface area contributed by atoms with E-state index in [1.165, 1.54) is 11.3 Å². The number of pyridine rings is 2. The summed E-state index contributed by atoms with van der Waals surface area (Å²) in [6, 6.07) is 5.78. The van der Waals surface area contributed by atoms with E-state index in [0.717, 1.165) is 41.3 Å². The number of hydrogen-bond acceptors (Lipinski definition) is 5. The lowest BCUT2D eigenvalue weighted by molar-refractivity contribution is 0.607. The second-order valence-electron chi connectivity index (χ2n) is 6.64. The second kappa shape index (κ2) is 8.27. The fourth-order valence-corrected chi connectivity index (χ4v) is 3.54. The summed E-state index contributed by atoms with van der Waals surface area (Å²) in [6.07, 6.45) is 5.35. The smallest absolute Gasteiger partial charge is 0.257 e. The van der Waals surface area contributed by atoms with E-state index in [-0.39, 0.29) is 5.56 Å². The van der Waals surface area contributed by atoms with Crippen LogP contribution in [0.2, 0.25) is 0 Å². The number of thiazole rings is 1. The van der Waals surface area contributed by atoms with Gasteiger partial charge < -0.3 is 10.3 Å². The van der Waals surface area contributed by atoms with Gasteiger partial charge in [0.05, 0.1) is 16.9 Å². The van der Waals surface area contributed by atoms with E-state index in [0.29, 0.717) is 17.2 Å². The number of H-pyrrole nitrogens is 1. The first-order valence-electron chi connectivity index (χ1n) is 8.94. The van der Waals surface area contributed by atoms with Gasteiger partial charge in [-0.3, -0.25) is 9.78 Å². The third-order valence-electron chi connectivity index (χ3n) is 4.22. The van der Waals surface area contributed by atoms with Crippen LogP contribution in [0.1, 0.15) is 32.9 Å². The highest BCUT2D eigenvalue weighted by molar-refractivity contribution is 7.13. The van der Waals surface area contributed by atoms with Crippen molar-refractivity contribution in [3.63, 3.8) is 0 Å². The highest BCUT2D eigenvalue weighted by Crippen LogP contribution is 2.28. The van der Waals surface area contributed by atoms with Gasteiger partial charge in [-0.25, -0.2) is 4.98 Å². The van der Waals surface area contributed by atoms with E-state index in [9.17, 15) is 4.79 Å². The van der Waals surface area contributed by atoms with Gasteiger partial charge in [-0.2, -0.15) is 0 Å². The molecule has 0 unspecified atom stereocenters. The van der Waals surface area contributed by atoms with Crippen molar-refractivity contribution in [2.24, 2.45) is 5.92 Å². The highest BCUT2D eigenvalue weighted by atomic mass is 32.1. The largest absolute Gasteiger partial charge is 0.384 e. The molecule has 0 saturated heterocycles. The average molecular weight is 369 g/mol. The van der Waals surface area contributed by atoms with Gasteiger partial charge in [0.2, 0.25) is 0 Å². The molecule has 0 aliphatic rings. The zero-order valence-electron chi connectivity index (χ0n) is 15.4. The zero-order valence-corrected chi connectivity index (χ0v) is 16.2. The van der Waals surface area contributed by atoms with Crippen molar-refractivity contribution in [1.82, 2.24) is 15.0 Å². The third-order valence-corrected chi connectivity index (χ3v) is 5.11. The number of nitrogens with zero attached hydrogens (tertiary/aromatic N) is 2. The summed E-state index contributed by atoms with van der Waals surface area (Å²) in [6.45, 7) is 7.34. The van der Waals surface area contributed by atoms with Gasteiger partial charge in [-0.15, -0.1) is 11.3 Å². The number of aromatic amines is 1. The number of hydrogen-bond donors (Lipinski definition) is 2. The normalized spacial score (nSPS) is 11.1. The first kappa shape index (κ1) is 18.3. The Morgan fingerprint density at radius 2 is 2.04 bits per heavy atom.